The van der Waals surface area contributed by atoms with Gasteiger partial charge in [-0.2, -0.15) is 0 Å². The van der Waals surface area contributed by atoms with E-state index >= 15 is 0 Å². The number of nitrogens with one attached hydrogen (secondary N) is 1. The first kappa shape index (κ1) is 20.7. The monoisotopic (exact) mass is 375 g/mol. The summed E-state index contributed by atoms with van der Waals surface area (Å²) in [4.78, 5) is 14.4. The molecule has 136 valence electrons. The Morgan fingerprint density at radius 2 is 1.92 bits per heavy atom. The molecule has 1 aliphatic rings. The van der Waals surface area contributed by atoms with Crippen molar-refractivity contribution in [3.8, 4) is 0 Å². The number of hydrogen-bond acceptors (Lipinski definition) is 4. The van der Waals surface area contributed by atoms with Gasteiger partial charge in [-0.05, 0) is 50.3 Å². The van der Waals surface area contributed by atoms with E-state index in [-0.39, 0.29) is 24.4 Å². The summed E-state index contributed by atoms with van der Waals surface area (Å²) in [5.41, 5.74) is 7.66. The van der Waals surface area contributed by atoms with Crippen molar-refractivity contribution in [2.75, 3.05) is 24.1 Å². The molecule has 8 heteroatoms. The second-order valence-electron chi connectivity index (χ2n) is 6.39. The van der Waals surface area contributed by atoms with E-state index in [1.807, 2.05) is 11.8 Å². The molecule has 1 amide bonds. The van der Waals surface area contributed by atoms with Crippen LogP contribution in [0, 0.1) is 12.8 Å². The van der Waals surface area contributed by atoms with Gasteiger partial charge in [0.25, 0.3) is 5.91 Å². The molecule has 0 aliphatic carbocycles. The van der Waals surface area contributed by atoms with Gasteiger partial charge in [-0.3, -0.25) is 9.52 Å². The summed E-state index contributed by atoms with van der Waals surface area (Å²) in [6.07, 6.45) is 2.91. The smallest absolute Gasteiger partial charge is 0.253 e. The van der Waals surface area contributed by atoms with Crippen molar-refractivity contribution in [1.82, 2.24) is 4.90 Å². The number of carbonyl (C=O) groups is 1. The summed E-state index contributed by atoms with van der Waals surface area (Å²) >= 11 is 0. The van der Waals surface area contributed by atoms with Crippen LogP contribution in [0.4, 0.5) is 5.69 Å². The number of amides is 1. The summed E-state index contributed by atoms with van der Waals surface area (Å²) < 4.78 is 25.3. The number of nitrogens with zero attached hydrogens (tertiary/aromatic N) is 1. The van der Waals surface area contributed by atoms with Gasteiger partial charge < -0.3 is 10.6 Å². The fraction of sp³-hybridized carbons (Fsp3) is 0.562. The zero-order valence-electron chi connectivity index (χ0n) is 14.3. The molecule has 0 bridgehead atoms. The Bertz CT molecular complexity index is 684. The highest BCUT2D eigenvalue weighted by Gasteiger charge is 2.25. The van der Waals surface area contributed by atoms with Crippen molar-refractivity contribution in [2.45, 2.75) is 32.7 Å². The number of sulfonamides is 1. The summed E-state index contributed by atoms with van der Waals surface area (Å²) in [7, 11) is -3.37. The molecule has 1 unspecified atom stereocenters. The lowest BCUT2D eigenvalue weighted by Crippen LogP contribution is -2.42. The zero-order valence-corrected chi connectivity index (χ0v) is 15.9. The highest BCUT2D eigenvalue weighted by Crippen LogP contribution is 2.23. The molecule has 0 radical (unpaired) electrons. The SMILES string of the molecule is Cc1ccc(C(=O)N2CCC(C(C)N)CC2)cc1NS(C)(=O)=O.Cl. The fourth-order valence-electron chi connectivity index (χ4n) is 2.88. The molecule has 3 N–H and O–H groups in total. The van der Waals surface area contributed by atoms with Crippen LogP contribution in [0.15, 0.2) is 18.2 Å². The number of nitrogens with two attached hydrogens (primary N) is 1. The molecule has 1 fully saturated rings. The first-order valence-corrected chi connectivity index (χ1v) is 9.70. The largest absolute Gasteiger partial charge is 0.339 e. The van der Waals surface area contributed by atoms with Crippen LogP contribution in [0.25, 0.3) is 0 Å². The number of hydrogen-bond donors (Lipinski definition) is 2. The van der Waals surface area contributed by atoms with E-state index in [0.29, 0.717) is 30.3 Å². The minimum atomic E-state index is -3.37. The first-order chi connectivity index (χ1) is 10.7. The number of likely N-dealkylation sites (tertiary alicyclic amines) is 1. The molecule has 0 spiro atoms. The highest BCUT2D eigenvalue weighted by atomic mass is 35.5. The van der Waals surface area contributed by atoms with Crippen molar-refractivity contribution in [2.24, 2.45) is 11.7 Å². The van der Waals surface area contributed by atoms with Gasteiger partial charge in [0.1, 0.15) is 0 Å². The van der Waals surface area contributed by atoms with Crippen LogP contribution in [0.1, 0.15) is 35.7 Å². The van der Waals surface area contributed by atoms with Crippen LogP contribution in [0.2, 0.25) is 0 Å². The van der Waals surface area contributed by atoms with Gasteiger partial charge in [-0.25, -0.2) is 8.42 Å². The van der Waals surface area contributed by atoms with E-state index in [2.05, 4.69) is 4.72 Å². The number of benzene rings is 1. The van der Waals surface area contributed by atoms with Gasteiger partial charge in [0.2, 0.25) is 10.0 Å². The molecule has 1 atom stereocenters. The molecule has 6 nitrogen and oxygen atoms in total. The Kier molecular flexibility index (Phi) is 7.07. The Labute approximate surface area is 150 Å². The molecule has 0 aromatic heterocycles. The number of carbonyl (C=O) groups excluding carboxylic acids is 1. The normalized spacial score (nSPS) is 17.1. The van der Waals surface area contributed by atoms with Gasteiger partial charge in [0, 0.05) is 24.7 Å². The van der Waals surface area contributed by atoms with E-state index in [9.17, 15) is 13.2 Å². The van der Waals surface area contributed by atoms with Crippen molar-refractivity contribution in [3.05, 3.63) is 29.3 Å². The minimum Gasteiger partial charge on any atom is -0.339 e. The highest BCUT2D eigenvalue weighted by molar-refractivity contribution is 7.92. The Morgan fingerprint density at radius 3 is 2.42 bits per heavy atom. The molecule has 2 rings (SSSR count). The second-order valence-corrected chi connectivity index (χ2v) is 8.14. The third-order valence-corrected chi connectivity index (χ3v) is 4.94. The molecule has 24 heavy (non-hydrogen) atoms. The predicted octanol–water partition coefficient (Wildman–Crippen LogP) is 1.99. The van der Waals surface area contributed by atoms with Crippen LogP contribution in [-0.4, -0.2) is 44.6 Å². The van der Waals surface area contributed by atoms with Crippen molar-refractivity contribution >= 4 is 34.0 Å². The van der Waals surface area contributed by atoms with Crippen molar-refractivity contribution in [1.29, 1.82) is 0 Å². The Balaban J connectivity index is 0.00000288. The number of halogens is 1. The van der Waals surface area contributed by atoms with Crippen LogP contribution < -0.4 is 10.5 Å². The summed E-state index contributed by atoms with van der Waals surface area (Å²) in [5.74, 6) is 0.393. The second kappa shape index (κ2) is 8.18. The fourth-order valence-corrected chi connectivity index (χ4v) is 3.50. The third kappa shape index (κ3) is 5.36. The topological polar surface area (TPSA) is 92.5 Å². The van der Waals surface area contributed by atoms with Crippen LogP contribution in [-0.2, 0) is 10.0 Å². The molecular formula is C16H26ClN3O3S. The van der Waals surface area contributed by atoms with Gasteiger partial charge in [-0.15, -0.1) is 12.4 Å². The summed E-state index contributed by atoms with van der Waals surface area (Å²) in [5, 5.41) is 0. The number of piperidine rings is 1. The molecule has 1 aliphatic heterocycles. The first-order valence-electron chi connectivity index (χ1n) is 7.80. The van der Waals surface area contributed by atoms with Crippen LogP contribution in [0.3, 0.4) is 0 Å². The number of anilines is 1. The average Bonchev–Trinajstić information content (AvgIpc) is 2.47. The van der Waals surface area contributed by atoms with Gasteiger partial charge in [-0.1, -0.05) is 6.07 Å². The standard InChI is InChI=1S/C16H25N3O3S.ClH/c1-11-4-5-14(10-15(11)18-23(3,21)22)16(20)19-8-6-13(7-9-19)12(2)17;/h4-5,10,12-13,18H,6-9,17H2,1-3H3;1H. The quantitative estimate of drug-likeness (QED) is 0.841. The van der Waals surface area contributed by atoms with Gasteiger partial charge >= 0.3 is 0 Å². The van der Waals surface area contributed by atoms with Gasteiger partial charge in [0.15, 0.2) is 0 Å². The van der Waals surface area contributed by atoms with Gasteiger partial charge in [0.05, 0.1) is 11.9 Å². The van der Waals surface area contributed by atoms with Crippen molar-refractivity contribution < 1.29 is 13.2 Å². The van der Waals surface area contributed by atoms with Crippen LogP contribution >= 0.6 is 12.4 Å². The summed E-state index contributed by atoms with van der Waals surface area (Å²) in [6.45, 7) is 5.18. The maximum absolute atomic E-state index is 12.6. The lowest BCUT2D eigenvalue weighted by molar-refractivity contribution is 0.0681. The zero-order chi connectivity index (χ0) is 17.2. The minimum absolute atomic E-state index is 0. The molecule has 1 aromatic rings. The maximum Gasteiger partial charge on any atom is 0.253 e. The maximum atomic E-state index is 12.6. The third-order valence-electron chi connectivity index (χ3n) is 4.35. The Morgan fingerprint density at radius 1 is 1.33 bits per heavy atom. The van der Waals surface area contributed by atoms with E-state index in [4.69, 9.17) is 5.73 Å². The summed E-state index contributed by atoms with van der Waals surface area (Å²) in [6, 6.07) is 5.26. The lowest BCUT2D eigenvalue weighted by atomic mass is 9.90. The van der Waals surface area contributed by atoms with E-state index in [1.54, 1.807) is 25.1 Å². The Hall–Kier alpha value is -1.31. The van der Waals surface area contributed by atoms with E-state index < -0.39 is 10.0 Å². The predicted molar refractivity (Wildman–Crippen MR) is 99.2 cm³/mol. The number of aryl methyl sites for hydroxylation is 1. The van der Waals surface area contributed by atoms with E-state index in [1.165, 1.54) is 0 Å². The number of rotatable bonds is 4. The lowest BCUT2D eigenvalue weighted by Gasteiger charge is -2.33. The molecular weight excluding hydrogens is 350 g/mol. The molecule has 1 heterocycles. The molecule has 0 saturated carbocycles. The van der Waals surface area contributed by atoms with E-state index in [0.717, 1.165) is 24.7 Å². The van der Waals surface area contributed by atoms with Crippen molar-refractivity contribution in [3.63, 3.8) is 0 Å². The molecule has 1 aromatic carbocycles. The average molecular weight is 376 g/mol. The molecule has 1 saturated heterocycles. The van der Waals surface area contributed by atoms with Crippen LogP contribution in [0.5, 0.6) is 0 Å².